The zero-order valence-electron chi connectivity index (χ0n) is 9.93. The third-order valence-corrected chi connectivity index (χ3v) is 2.60. The fraction of sp³-hybridized carbons (Fsp3) is 0.417. The minimum absolute atomic E-state index is 0.202. The highest BCUT2D eigenvalue weighted by molar-refractivity contribution is 6.04. The van der Waals surface area contributed by atoms with Crippen LogP contribution < -0.4 is 10.1 Å². The SMILES string of the molecule is CNC(C)(C)C(=O)c1cc(F)ccc1OC. The third-order valence-electron chi connectivity index (χ3n) is 2.60. The first-order valence-corrected chi connectivity index (χ1v) is 4.99. The maximum atomic E-state index is 13.1. The molecule has 3 nitrogen and oxygen atoms in total. The Labute approximate surface area is 94.6 Å². The van der Waals surface area contributed by atoms with Gasteiger partial charge in [0.25, 0.3) is 0 Å². The first-order valence-electron chi connectivity index (χ1n) is 4.99. The Morgan fingerprint density at radius 3 is 2.56 bits per heavy atom. The molecule has 1 aromatic rings. The van der Waals surface area contributed by atoms with Crippen molar-refractivity contribution in [3.8, 4) is 5.75 Å². The van der Waals surface area contributed by atoms with Crippen molar-refractivity contribution in [1.29, 1.82) is 0 Å². The molecule has 0 aliphatic carbocycles. The van der Waals surface area contributed by atoms with Crippen LogP contribution in [0.4, 0.5) is 4.39 Å². The predicted octanol–water partition coefficient (Wildman–Crippen LogP) is 2.01. The van der Waals surface area contributed by atoms with Gasteiger partial charge in [-0.25, -0.2) is 4.39 Å². The summed E-state index contributed by atoms with van der Waals surface area (Å²) in [4.78, 5) is 12.1. The fourth-order valence-corrected chi connectivity index (χ4v) is 1.31. The van der Waals surface area contributed by atoms with Crippen LogP contribution in [0.3, 0.4) is 0 Å². The summed E-state index contributed by atoms with van der Waals surface area (Å²) in [5, 5.41) is 2.88. The van der Waals surface area contributed by atoms with E-state index in [4.69, 9.17) is 4.74 Å². The maximum absolute atomic E-state index is 13.1. The fourth-order valence-electron chi connectivity index (χ4n) is 1.31. The van der Waals surface area contributed by atoms with E-state index < -0.39 is 11.4 Å². The van der Waals surface area contributed by atoms with Crippen molar-refractivity contribution in [2.24, 2.45) is 0 Å². The van der Waals surface area contributed by atoms with Gasteiger partial charge < -0.3 is 10.1 Å². The van der Waals surface area contributed by atoms with E-state index in [1.807, 2.05) is 0 Å². The van der Waals surface area contributed by atoms with Gasteiger partial charge in [0.05, 0.1) is 18.2 Å². The lowest BCUT2D eigenvalue weighted by Crippen LogP contribution is -2.44. The lowest BCUT2D eigenvalue weighted by molar-refractivity contribution is 0.0886. The number of rotatable bonds is 4. The van der Waals surface area contributed by atoms with Gasteiger partial charge in [-0.15, -0.1) is 0 Å². The molecule has 4 heteroatoms. The quantitative estimate of drug-likeness (QED) is 0.797. The number of Topliss-reactive ketones (excluding diaryl/α,β-unsaturated/α-hetero) is 1. The molecule has 0 aromatic heterocycles. The molecule has 1 aromatic carbocycles. The van der Waals surface area contributed by atoms with Gasteiger partial charge in [-0.1, -0.05) is 0 Å². The summed E-state index contributed by atoms with van der Waals surface area (Å²) in [5.74, 6) is -0.267. The molecule has 0 unspecified atom stereocenters. The van der Waals surface area contributed by atoms with Crippen molar-refractivity contribution >= 4 is 5.78 Å². The minimum Gasteiger partial charge on any atom is -0.496 e. The molecule has 0 aliphatic heterocycles. The van der Waals surface area contributed by atoms with Gasteiger partial charge >= 0.3 is 0 Å². The number of halogens is 1. The first kappa shape index (κ1) is 12.6. The molecule has 1 rings (SSSR count). The molecule has 0 saturated carbocycles. The van der Waals surface area contributed by atoms with Crippen LogP contribution in [0.2, 0.25) is 0 Å². The highest BCUT2D eigenvalue weighted by atomic mass is 19.1. The number of ketones is 1. The molecule has 0 amide bonds. The molecule has 0 fully saturated rings. The van der Waals surface area contributed by atoms with Crippen molar-refractivity contribution in [1.82, 2.24) is 5.32 Å². The summed E-state index contributed by atoms with van der Waals surface area (Å²) in [5.41, 5.74) is -0.497. The summed E-state index contributed by atoms with van der Waals surface area (Å²) in [6, 6.07) is 3.91. The molecule has 0 heterocycles. The van der Waals surface area contributed by atoms with Gasteiger partial charge in [-0.3, -0.25) is 4.79 Å². The van der Waals surface area contributed by atoms with E-state index in [0.29, 0.717) is 5.75 Å². The second kappa shape index (κ2) is 4.61. The van der Waals surface area contributed by atoms with E-state index in [1.165, 1.54) is 25.3 Å². The number of carbonyl (C=O) groups is 1. The number of hydrogen-bond donors (Lipinski definition) is 1. The van der Waals surface area contributed by atoms with Crippen LogP contribution in [0, 0.1) is 5.82 Å². The van der Waals surface area contributed by atoms with Crippen LogP contribution in [0.15, 0.2) is 18.2 Å². The molecule has 0 saturated heterocycles. The summed E-state index contributed by atoms with van der Waals surface area (Å²) in [7, 11) is 3.14. The summed E-state index contributed by atoms with van der Waals surface area (Å²) in [6.45, 7) is 3.47. The largest absolute Gasteiger partial charge is 0.496 e. The number of ether oxygens (including phenoxy) is 1. The second-order valence-electron chi connectivity index (χ2n) is 4.05. The number of benzene rings is 1. The predicted molar refractivity (Wildman–Crippen MR) is 60.4 cm³/mol. The minimum atomic E-state index is -0.749. The molecule has 0 atom stereocenters. The first-order chi connectivity index (χ1) is 7.42. The van der Waals surface area contributed by atoms with E-state index in [2.05, 4.69) is 5.32 Å². The summed E-state index contributed by atoms with van der Waals surface area (Å²) in [6.07, 6.45) is 0. The number of carbonyl (C=O) groups excluding carboxylic acids is 1. The third kappa shape index (κ3) is 2.39. The van der Waals surface area contributed by atoms with Gasteiger partial charge in [0.2, 0.25) is 0 Å². The Morgan fingerprint density at radius 2 is 2.06 bits per heavy atom. The average Bonchev–Trinajstić information content (AvgIpc) is 2.28. The Balaban J connectivity index is 3.21. The molecule has 0 bridgehead atoms. The van der Waals surface area contributed by atoms with E-state index in [-0.39, 0.29) is 11.3 Å². The van der Waals surface area contributed by atoms with Crippen LogP contribution in [0.1, 0.15) is 24.2 Å². The van der Waals surface area contributed by atoms with Crippen LogP contribution in [-0.2, 0) is 0 Å². The number of hydrogen-bond acceptors (Lipinski definition) is 3. The smallest absolute Gasteiger partial charge is 0.186 e. The van der Waals surface area contributed by atoms with Crippen molar-refractivity contribution in [3.63, 3.8) is 0 Å². The van der Waals surface area contributed by atoms with Crippen LogP contribution in [0.5, 0.6) is 5.75 Å². The van der Waals surface area contributed by atoms with Gasteiger partial charge in [-0.2, -0.15) is 0 Å². The molecule has 0 aliphatic rings. The Hall–Kier alpha value is -1.42. The van der Waals surface area contributed by atoms with E-state index in [1.54, 1.807) is 20.9 Å². The second-order valence-corrected chi connectivity index (χ2v) is 4.05. The van der Waals surface area contributed by atoms with Crippen LogP contribution in [-0.4, -0.2) is 25.5 Å². The lowest BCUT2D eigenvalue weighted by atomic mass is 9.93. The number of methoxy groups -OCH3 is 1. The Kier molecular flexibility index (Phi) is 3.65. The molecular weight excluding hydrogens is 209 g/mol. The van der Waals surface area contributed by atoms with E-state index in [9.17, 15) is 9.18 Å². The summed E-state index contributed by atoms with van der Waals surface area (Å²) < 4.78 is 18.2. The molecule has 16 heavy (non-hydrogen) atoms. The molecule has 88 valence electrons. The van der Waals surface area contributed by atoms with Crippen LogP contribution >= 0.6 is 0 Å². The highest BCUT2D eigenvalue weighted by Gasteiger charge is 2.29. The number of nitrogens with one attached hydrogen (secondary N) is 1. The normalized spacial score (nSPS) is 11.3. The topological polar surface area (TPSA) is 38.3 Å². The van der Waals surface area contributed by atoms with Gasteiger partial charge in [0.15, 0.2) is 5.78 Å². The Morgan fingerprint density at radius 1 is 1.44 bits per heavy atom. The van der Waals surface area contributed by atoms with Crippen molar-refractivity contribution in [3.05, 3.63) is 29.6 Å². The maximum Gasteiger partial charge on any atom is 0.186 e. The zero-order chi connectivity index (χ0) is 12.3. The van der Waals surface area contributed by atoms with Crippen LogP contribution in [0.25, 0.3) is 0 Å². The summed E-state index contributed by atoms with van der Waals surface area (Å²) >= 11 is 0. The Bertz CT molecular complexity index is 402. The number of likely N-dealkylation sites (N-methyl/N-ethyl adjacent to an activating group) is 1. The van der Waals surface area contributed by atoms with Gasteiger partial charge in [0.1, 0.15) is 11.6 Å². The molecule has 1 N–H and O–H groups in total. The van der Waals surface area contributed by atoms with Crippen molar-refractivity contribution < 1.29 is 13.9 Å². The average molecular weight is 225 g/mol. The molecular formula is C12H16FNO2. The van der Waals surface area contributed by atoms with E-state index in [0.717, 1.165) is 0 Å². The monoisotopic (exact) mass is 225 g/mol. The molecule has 0 spiro atoms. The van der Waals surface area contributed by atoms with Crippen molar-refractivity contribution in [2.45, 2.75) is 19.4 Å². The molecule has 0 radical (unpaired) electrons. The zero-order valence-corrected chi connectivity index (χ0v) is 9.93. The highest BCUT2D eigenvalue weighted by Crippen LogP contribution is 2.23. The van der Waals surface area contributed by atoms with Gasteiger partial charge in [0, 0.05) is 0 Å². The standard InChI is InChI=1S/C12H16FNO2/c1-12(2,14-3)11(15)9-7-8(13)5-6-10(9)16-4/h5-7,14H,1-4H3. The van der Waals surface area contributed by atoms with Gasteiger partial charge in [-0.05, 0) is 39.1 Å². The van der Waals surface area contributed by atoms with E-state index >= 15 is 0 Å². The van der Waals surface area contributed by atoms with Crippen molar-refractivity contribution in [2.75, 3.05) is 14.2 Å². The lowest BCUT2D eigenvalue weighted by Gasteiger charge is -2.23.